The number of rotatable bonds is 2. The van der Waals surface area contributed by atoms with Gasteiger partial charge in [-0.1, -0.05) is 18.6 Å². The van der Waals surface area contributed by atoms with Gasteiger partial charge in [-0.2, -0.15) is 0 Å². The van der Waals surface area contributed by atoms with Crippen LogP contribution in [0.5, 0.6) is 0 Å². The second-order valence-electron chi connectivity index (χ2n) is 7.02. The van der Waals surface area contributed by atoms with E-state index in [2.05, 4.69) is 4.90 Å². The van der Waals surface area contributed by atoms with Crippen LogP contribution in [-0.2, 0) is 4.79 Å². The lowest BCUT2D eigenvalue weighted by Gasteiger charge is -2.33. The van der Waals surface area contributed by atoms with Crippen LogP contribution in [0.2, 0.25) is 0 Å². The van der Waals surface area contributed by atoms with E-state index in [4.69, 9.17) is 0 Å². The first-order valence-electron chi connectivity index (χ1n) is 8.44. The topological polar surface area (TPSA) is 20.3 Å². The predicted octanol–water partition coefficient (Wildman–Crippen LogP) is 3.89. The van der Waals surface area contributed by atoms with E-state index in [9.17, 15) is 9.18 Å². The Labute approximate surface area is 131 Å². The number of allylic oxidation sites excluding steroid dienone is 2. The van der Waals surface area contributed by atoms with Crippen molar-refractivity contribution in [1.82, 2.24) is 4.90 Å². The fraction of sp³-hybridized carbons (Fsp3) is 0.526. The van der Waals surface area contributed by atoms with Gasteiger partial charge in [0.2, 0.25) is 0 Å². The molecule has 4 rings (SSSR count). The van der Waals surface area contributed by atoms with Gasteiger partial charge in [0, 0.05) is 31.3 Å². The maximum absolute atomic E-state index is 13.2. The third-order valence-corrected chi connectivity index (χ3v) is 5.76. The Morgan fingerprint density at radius 3 is 2.59 bits per heavy atom. The van der Waals surface area contributed by atoms with Crippen molar-refractivity contribution >= 4 is 5.78 Å². The zero-order chi connectivity index (χ0) is 15.1. The molecule has 0 spiro atoms. The van der Waals surface area contributed by atoms with E-state index in [1.54, 1.807) is 12.1 Å². The summed E-state index contributed by atoms with van der Waals surface area (Å²) in [5.41, 5.74) is 2.53. The summed E-state index contributed by atoms with van der Waals surface area (Å²) < 4.78 is 13.2. The van der Waals surface area contributed by atoms with Gasteiger partial charge in [0.25, 0.3) is 0 Å². The molecule has 3 aliphatic rings. The number of halogens is 1. The van der Waals surface area contributed by atoms with E-state index in [0.29, 0.717) is 18.3 Å². The molecule has 0 aromatic heterocycles. The number of carbonyl (C=O) groups excluding carboxylic acids is 1. The second kappa shape index (κ2) is 5.53. The van der Waals surface area contributed by atoms with Crippen LogP contribution in [0, 0.1) is 17.7 Å². The van der Waals surface area contributed by atoms with Crippen molar-refractivity contribution in [3.8, 4) is 0 Å². The number of carbonyl (C=O) groups is 1. The third kappa shape index (κ3) is 2.47. The summed E-state index contributed by atoms with van der Waals surface area (Å²) in [5.74, 6) is 2.04. The number of likely N-dealkylation sites (tertiary alicyclic amines) is 1. The van der Waals surface area contributed by atoms with Crippen LogP contribution in [0.25, 0.3) is 0 Å². The van der Waals surface area contributed by atoms with Crippen LogP contribution >= 0.6 is 0 Å². The summed E-state index contributed by atoms with van der Waals surface area (Å²) in [7, 11) is 0. The van der Waals surface area contributed by atoms with Crippen molar-refractivity contribution in [2.24, 2.45) is 11.8 Å². The number of benzene rings is 1. The normalized spacial score (nSPS) is 31.3. The van der Waals surface area contributed by atoms with E-state index in [1.165, 1.54) is 30.5 Å². The zero-order valence-corrected chi connectivity index (χ0v) is 12.8. The first-order valence-corrected chi connectivity index (χ1v) is 8.44. The van der Waals surface area contributed by atoms with Gasteiger partial charge in [0.15, 0.2) is 5.78 Å². The maximum Gasteiger partial charge on any atom is 0.157 e. The monoisotopic (exact) mass is 299 g/mol. The highest BCUT2D eigenvalue weighted by Gasteiger charge is 2.41. The molecular weight excluding hydrogens is 277 g/mol. The fourth-order valence-corrected chi connectivity index (χ4v) is 4.66. The van der Waals surface area contributed by atoms with E-state index >= 15 is 0 Å². The molecule has 3 heteroatoms. The molecule has 2 nitrogen and oxygen atoms in total. The van der Waals surface area contributed by atoms with Crippen LogP contribution in [0.1, 0.15) is 43.6 Å². The number of hydrogen-bond donors (Lipinski definition) is 0. The summed E-state index contributed by atoms with van der Waals surface area (Å²) >= 11 is 0. The molecule has 3 atom stereocenters. The van der Waals surface area contributed by atoms with Crippen molar-refractivity contribution in [1.29, 1.82) is 0 Å². The average Bonchev–Trinajstić information content (AvgIpc) is 3.13. The van der Waals surface area contributed by atoms with E-state index in [-0.39, 0.29) is 11.6 Å². The molecule has 22 heavy (non-hydrogen) atoms. The van der Waals surface area contributed by atoms with Crippen molar-refractivity contribution in [3.63, 3.8) is 0 Å². The third-order valence-electron chi connectivity index (χ3n) is 5.76. The zero-order valence-electron chi connectivity index (χ0n) is 12.8. The average molecular weight is 299 g/mol. The molecule has 0 radical (unpaired) electrons. The van der Waals surface area contributed by atoms with Crippen LogP contribution in [0.15, 0.2) is 36.0 Å². The molecule has 1 saturated carbocycles. The molecule has 1 saturated heterocycles. The maximum atomic E-state index is 13.2. The largest absolute Gasteiger partial charge is 0.374 e. The highest BCUT2D eigenvalue weighted by molar-refractivity contribution is 5.92. The minimum Gasteiger partial charge on any atom is -0.374 e. The second-order valence-corrected chi connectivity index (χ2v) is 7.02. The van der Waals surface area contributed by atoms with Crippen LogP contribution < -0.4 is 0 Å². The highest BCUT2D eigenvalue weighted by Crippen LogP contribution is 2.46. The lowest BCUT2D eigenvalue weighted by Crippen LogP contribution is -2.25. The van der Waals surface area contributed by atoms with Crippen molar-refractivity contribution in [3.05, 3.63) is 47.4 Å². The molecule has 1 heterocycles. The van der Waals surface area contributed by atoms with Gasteiger partial charge in [-0.3, -0.25) is 4.79 Å². The summed E-state index contributed by atoms with van der Waals surface area (Å²) in [6.45, 7) is 2.16. The van der Waals surface area contributed by atoms with Crippen LogP contribution in [0.3, 0.4) is 0 Å². The van der Waals surface area contributed by atoms with Gasteiger partial charge < -0.3 is 4.90 Å². The SMILES string of the molecule is O=C1C=C(N2C[C@@H]3CCCC(c4ccc(F)cc4)[C@@H]3C2)CC1. The Bertz CT molecular complexity index is 606. The summed E-state index contributed by atoms with van der Waals surface area (Å²) in [5, 5.41) is 0. The lowest BCUT2D eigenvalue weighted by atomic mass is 9.71. The van der Waals surface area contributed by atoms with Gasteiger partial charge in [-0.05, 0) is 54.7 Å². The van der Waals surface area contributed by atoms with Gasteiger partial charge in [0.05, 0.1) is 0 Å². The fourth-order valence-electron chi connectivity index (χ4n) is 4.66. The van der Waals surface area contributed by atoms with Gasteiger partial charge in [-0.25, -0.2) is 4.39 Å². The Balaban J connectivity index is 1.55. The molecule has 1 aromatic rings. The Hall–Kier alpha value is -1.64. The predicted molar refractivity (Wildman–Crippen MR) is 83.9 cm³/mol. The Kier molecular flexibility index (Phi) is 3.51. The smallest absolute Gasteiger partial charge is 0.157 e. The number of nitrogens with zero attached hydrogens (tertiary/aromatic N) is 1. The Morgan fingerprint density at radius 2 is 1.86 bits per heavy atom. The van der Waals surface area contributed by atoms with Crippen molar-refractivity contribution in [2.45, 2.75) is 38.0 Å². The van der Waals surface area contributed by atoms with Crippen molar-refractivity contribution < 1.29 is 9.18 Å². The molecular formula is C19H22FNO. The quantitative estimate of drug-likeness (QED) is 0.826. The molecule has 2 fully saturated rings. The molecule has 0 N–H and O–H groups in total. The lowest BCUT2D eigenvalue weighted by molar-refractivity contribution is -0.114. The standard InChI is InChI=1S/C19H22FNO/c20-15-6-4-13(5-7-15)18-3-1-2-14-11-21(12-19(14)18)16-8-9-17(22)10-16/h4-7,10,14,18-19H,1-3,8-9,11-12H2/t14-,18?,19+/m0/s1. The molecule has 1 aromatic carbocycles. The van der Waals surface area contributed by atoms with E-state index < -0.39 is 0 Å². The van der Waals surface area contributed by atoms with E-state index in [0.717, 1.165) is 25.4 Å². The molecule has 2 aliphatic carbocycles. The van der Waals surface area contributed by atoms with Gasteiger partial charge >= 0.3 is 0 Å². The molecule has 116 valence electrons. The first-order chi connectivity index (χ1) is 10.7. The summed E-state index contributed by atoms with van der Waals surface area (Å²) in [4.78, 5) is 14.0. The number of ketones is 1. The molecule has 1 aliphatic heterocycles. The number of hydrogen-bond acceptors (Lipinski definition) is 2. The van der Waals surface area contributed by atoms with Crippen molar-refractivity contribution in [2.75, 3.05) is 13.1 Å². The minimum absolute atomic E-state index is 0.154. The molecule has 0 amide bonds. The van der Waals surface area contributed by atoms with Crippen LogP contribution in [0.4, 0.5) is 4.39 Å². The Morgan fingerprint density at radius 1 is 1.05 bits per heavy atom. The summed E-state index contributed by atoms with van der Waals surface area (Å²) in [6, 6.07) is 7.10. The van der Waals surface area contributed by atoms with Gasteiger partial charge in [-0.15, -0.1) is 0 Å². The first kappa shape index (κ1) is 14.0. The molecule has 0 bridgehead atoms. The van der Waals surface area contributed by atoms with Crippen LogP contribution in [-0.4, -0.2) is 23.8 Å². The minimum atomic E-state index is -0.154. The molecule has 1 unspecified atom stereocenters. The van der Waals surface area contributed by atoms with E-state index in [1.807, 2.05) is 18.2 Å². The highest BCUT2D eigenvalue weighted by atomic mass is 19.1. The van der Waals surface area contributed by atoms with Gasteiger partial charge in [0.1, 0.15) is 5.82 Å². The number of fused-ring (bicyclic) bond motifs is 1. The summed E-state index contributed by atoms with van der Waals surface area (Å²) in [6.07, 6.45) is 7.21.